The van der Waals surface area contributed by atoms with E-state index >= 15 is 0 Å². The summed E-state index contributed by atoms with van der Waals surface area (Å²) in [4.78, 5) is 0. The maximum absolute atomic E-state index is 10.2. The van der Waals surface area contributed by atoms with E-state index in [0.717, 1.165) is 30.4 Å². The van der Waals surface area contributed by atoms with Gasteiger partial charge in [-0.05, 0) is 31.4 Å². The van der Waals surface area contributed by atoms with Crippen LogP contribution in [0.15, 0.2) is 0 Å². The maximum Gasteiger partial charge on any atom is 0.0869 e. The van der Waals surface area contributed by atoms with Gasteiger partial charge in [-0.2, -0.15) is 11.8 Å². The van der Waals surface area contributed by atoms with E-state index in [1.807, 2.05) is 11.8 Å². The average molecular weight is 229 g/mol. The SMILES string of the molecule is CC(CC1CCC1)NCC1(O)CCSC1. The van der Waals surface area contributed by atoms with Gasteiger partial charge >= 0.3 is 0 Å². The second-order valence-electron chi connectivity index (χ2n) is 5.34. The first-order valence-corrected chi connectivity index (χ1v) is 7.37. The first-order valence-electron chi connectivity index (χ1n) is 6.21. The van der Waals surface area contributed by atoms with E-state index in [1.165, 1.54) is 25.7 Å². The molecule has 0 aromatic rings. The first-order chi connectivity index (χ1) is 7.18. The van der Waals surface area contributed by atoms with Crippen molar-refractivity contribution >= 4 is 11.8 Å². The summed E-state index contributed by atoms with van der Waals surface area (Å²) in [5.41, 5.74) is -0.418. The number of hydrogen-bond acceptors (Lipinski definition) is 3. The predicted octanol–water partition coefficient (Wildman–Crippen LogP) is 2.02. The summed E-state index contributed by atoms with van der Waals surface area (Å²) in [6, 6.07) is 0.574. The third-order valence-electron chi connectivity index (χ3n) is 3.77. The number of rotatable bonds is 5. The van der Waals surface area contributed by atoms with E-state index in [1.54, 1.807) is 0 Å². The van der Waals surface area contributed by atoms with Crippen LogP contribution in [0.5, 0.6) is 0 Å². The molecule has 1 saturated carbocycles. The van der Waals surface area contributed by atoms with E-state index in [2.05, 4.69) is 12.2 Å². The van der Waals surface area contributed by atoms with Crippen molar-refractivity contribution in [3.63, 3.8) is 0 Å². The van der Waals surface area contributed by atoms with Gasteiger partial charge in [-0.25, -0.2) is 0 Å². The van der Waals surface area contributed by atoms with Crippen LogP contribution in [-0.4, -0.2) is 34.8 Å². The first kappa shape index (κ1) is 11.7. The monoisotopic (exact) mass is 229 g/mol. The van der Waals surface area contributed by atoms with Crippen molar-refractivity contribution in [1.29, 1.82) is 0 Å². The Morgan fingerprint density at radius 2 is 2.33 bits per heavy atom. The lowest BCUT2D eigenvalue weighted by Crippen LogP contribution is -2.44. The average Bonchev–Trinajstić information content (AvgIpc) is 2.57. The highest BCUT2D eigenvalue weighted by Gasteiger charge is 2.32. The Morgan fingerprint density at radius 3 is 2.87 bits per heavy atom. The molecule has 0 aromatic carbocycles. The molecule has 2 rings (SSSR count). The Labute approximate surface area is 97.2 Å². The summed E-state index contributed by atoms with van der Waals surface area (Å²) >= 11 is 1.87. The summed E-state index contributed by atoms with van der Waals surface area (Å²) in [7, 11) is 0. The Bertz CT molecular complexity index is 200. The minimum atomic E-state index is -0.418. The second-order valence-corrected chi connectivity index (χ2v) is 6.45. The topological polar surface area (TPSA) is 32.3 Å². The van der Waals surface area contributed by atoms with Crippen LogP contribution in [0.1, 0.15) is 39.0 Å². The van der Waals surface area contributed by atoms with Crippen LogP contribution < -0.4 is 5.32 Å². The van der Waals surface area contributed by atoms with Crippen molar-refractivity contribution in [3.05, 3.63) is 0 Å². The Balaban J connectivity index is 1.63. The standard InChI is InChI=1S/C12H23NOS/c1-10(7-11-3-2-4-11)13-8-12(14)5-6-15-9-12/h10-11,13-14H,2-9H2,1H3. The lowest BCUT2D eigenvalue weighted by atomic mass is 9.81. The van der Waals surface area contributed by atoms with E-state index < -0.39 is 5.60 Å². The molecule has 0 radical (unpaired) electrons. The van der Waals surface area contributed by atoms with Gasteiger partial charge in [-0.3, -0.25) is 0 Å². The zero-order chi connectivity index (χ0) is 10.7. The van der Waals surface area contributed by atoms with Gasteiger partial charge in [-0.15, -0.1) is 0 Å². The van der Waals surface area contributed by atoms with Crippen LogP contribution in [-0.2, 0) is 0 Å². The number of thioether (sulfide) groups is 1. The fourth-order valence-corrected chi connectivity index (χ4v) is 3.71. The van der Waals surface area contributed by atoms with E-state index in [9.17, 15) is 5.11 Å². The van der Waals surface area contributed by atoms with Crippen molar-refractivity contribution in [2.75, 3.05) is 18.1 Å². The molecule has 88 valence electrons. The molecule has 2 N–H and O–H groups in total. The van der Waals surface area contributed by atoms with Gasteiger partial charge in [0.1, 0.15) is 0 Å². The molecule has 2 nitrogen and oxygen atoms in total. The molecule has 0 bridgehead atoms. The van der Waals surface area contributed by atoms with E-state index in [4.69, 9.17) is 0 Å². The molecule has 15 heavy (non-hydrogen) atoms. The van der Waals surface area contributed by atoms with Crippen LogP contribution in [0.2, 0.25) is 0 Å². The van der Waals surface area contributed by atoms with Crippen molar-refractivity contribution in [2.24, 2.45) is 5.92 Å². The highest BCUT2D eigenvalue weighted by molar-refractivity contribution is 7.99. The fraction of sp³-hybridized carbons (Fsp3) is 1.00. The minimum absolute atomic E-state index is 0.418. The van der Waals surface area contributed by atoms with E-state index in [-0.39, 0.29) is 0 Å². The highest BCUT2D eigenvalue weighted by atomic mass is 32.2. The number of aliphatic hydroxyl groups is 1. The summed E-state index contributed by atoms with van der Waals surface area (Å²) in [5, 5.41) is 13.7. The molecule has 0 aromatic heterocycles. The highest BCUT2D eigenvalue weighted by Crippen LogP contribution is 2.31. The largest absolute Gasteiger partial charge is 0.388 e. The Kier molecular flexibility index (Phi) is 3.97. The summed E-state index contributed by atoms with van der Waals surface area (Å²) in [6.45, 7) is 3.04. The van der Waals surface area contributed by atoms with Crippen molar-refractivity contribution < 1.29 is 5.11 Å². The van der Waals surface area contributed by atoms with Crippen LogP contribution >= 0.6 is 11.8 Å². The van der Waals surface area contributed by atoms with Gasteiger partial charge in [0.25, 0.3) is 0 Å². The zero-order valence-electron chi connectivity index (χ0n) is 9.67. The third-order valence-corrected chi connectivity index (χ3v) is 5.01. The van der Waals surface area contributed by atoms with E-state index in [0.29, 0.717) is 6.04 Å². The normalized spacial score (nSPS) is 34.0. The number of nitrogens with one attached hydrogen (secondary N) is 1. The van der Waals surface area contributed by atoms with Gasteiger partial charge < -0.3 is 10.4 Å². The summed E-state index contributed by atoms with van der Waals surface area (Å²) in [5.74, 6) is 2.99. The maximum atomic E-state index is 10.2. The van der Waals surface area contributed by atoms with Gasteiger partial charge in [0.15, 0.2) is 0 Å². The van der Waals surface area contributed by atoms with Crippen LogP contribution in [0.3, 0.4) is 0 Å². The van der Waals surface area contributed by atoms with Crippen molar-refractivity contribution in [1.82, 2.24) is 5.32 Å². The smallest absolute Gasteiger partial charge is 0.0869 e. The van der Waals surface area contributed by atoms with Gasteiger partial charge in [0, 0.05) is 18.3 Å². The molecule has 1 aliphatic carbocycles. The Hall–Kier alpha value is 0.270. The molecule has 0 spiro atoms. The Morgan fingerprint density at radius 1 is 1.53 bits per heavy atom. The predicted molar refractivity (Wildman–Crippen MR) is 66.3 cm³/mol. The zero-order valence-corrected chi connectivity index (χ0v) is 10.5. The quantitative estimate of drug-likeness (QED) is 0.756. The lowest BCUT2D eigenvalue weighted by Gasteiger charge is -2.30. The van der Waals surface area contributed by atoms with Crippen molar-refractivity contribution in [2.45, 2.75) is 50.7 Å². The molecule has 2 fully saturated rings. The fourth-order valence-electron chi connectivity index (χ4n) is 2.41. The molecule has 1 saturated heterocycles. The number of hydrogen-bond donors (Lipinski definition) is 2. The van der Waals surface area contributed by atoms with Gasteiger partial charge in [0.05, 0.1) is 5.60 Å². The molecular weight excluding hydrogens is 206 g/mol. The van der Waals surface area contributed by atoms with Crippen molar-refractivity contribution in [3.8, 4) is 0 Å². The minimum Gasteiger partial charge on any atom is -0.388 e. The molecular formula is C12H23NOS. The molecule has 2 aliphatic rings. The summed E-state index contributed by atoms with van der Waals surface area (Å²) in [6.07, 6.45) is 6.53. The molecule has 1 aliphatic heterocycles. The van der Waals surface area contributed by atoms with Gasteiger partial charge in [0.2, 0.25) is 0 Å². The lowest BCUT2D eigenvalue weighted by molar-refractivity contribution is 0.0635. The van der Waals surface area contributed by atoms with Crippen LogP contribution in [0, 0.1) is 5.92 Å². The second kappa shape index (κ2) is 5.07. The van der Waals surface area contributed by atoms with Crippen LogP contribution in [0.25, 0.3) is 0 Å². The molecule has 2 atom stereocenters. The van der Waals surface area contributed by atoms with Crippen LogP contribution in [0.4, 0.5) is 0 Å². The molecule has 3 heteroatoms. The third kappa shape index (κ3) is 3.36. The molecule has 1 heterocycles. The molecule has 2 unspecified atom stereocenters. The molecule has 0 amide bonds. The summed E-state index contributed by atoms with van der Waals surface area (Å²) < 4.78 is 0. The van der Waals surface area contributed by atoms with Gasteiger partial charge in [-0.1, -0.05) is 19.3 Å².